The van der Waals surface area contributed by atoms with E-state index >= 15 is 0 Å². The van der Waals surface area contributed by atoms with Gasteiger partial charge in [0, 0.05) is 10.4 Å². The maximum absolute atomic E-state index is 10.3. The van der Waals surface area contributed by atoms with Crippen LogP contribution in [0.15, 0.2) is 18.2 Å². The molecule has 86 valence electrons. The number of fused-ring (bicyclic) bond motifs is 2. The van der Waals surface area contributed by atoms with Crippen LogP contribution in [0.3, 0.4) is 0 Å². The molecule has 2 N–H and O–H groups in total. The van der Waals surface area contributed by atoms with Gasteiger partial charge < -0.3 is 10.4 Å². The first-order valence-electron chi connectivity index (χ1n) is 5.90. The lowest BCUT2D eigenvalue weighted by molar-refractivity contribution is 0.0738. The Labute approximate surface area is 101 Å². The molecule has 3 heteroatoms. The van der Waals surface area contributed by atoms with Gasteiger partial charge in [-0.2, -0.15) is 0 Å². The molecular formula is C13H16ClNO. The number of benzene rings is 1. The summed E-state index contributed by atoms with van der Waals surface area (Å²) in [5.41, 5.74) is 2.53. The summed E-state index contributed by atoms with van der Waals surface area (Å²) in [6, 6.07) is 6.04. The zero-order chi connectivity index (χ0) is 11.2. The molecule has 1 heterocycles. The van der Waals surface area contributed by atoms with E-state index in [0.29, 0.717) is 0 Å². The highest BCUT2D eigenvalue weighted by molar-refractivity contribution is 6.30. The van der Waals surface area contributed by atoms with Crippen molar-refractivity contribution in [2.75, 3.05) is 13.1 Å². The lowest BCUT2D eigenvalue weighted by atomic mass is 9.73. The number of rotatable bonds is 0. The van der Waals surface area contributed by atoms with Crippen LogP contribution in [0.4, 0.5) is 0 Å². The van der Waals surface area contributed by atoms with Crippen LogP contribution in [0, 0.1) is 0 Å². The Hall–Kier alpha value is -0.570. The maximum atomic E-state index is 10.3. The van der Waals surface area contributed by atoms with Crippen molar-refractivity contribution in [1.82, 2.24) is 5.32 Å². The Morgan fingerprint density at radius 3 is 2.81 bits per heavy atom. The van der Waals surface area contributed by atoms with Crippen molar-refractivity contribution in [3.63, 3.8) is 0 Å². The van der Waals surface area contributed by atoms with Gasteiger partial charge in [-0.25, -0.2) is 0 Å². The molecule has 1 fully saturated rings. The minimum atomic E-state index is -0.233. The van der Waals surface area contributed by atoms with Crippen molar-refractivity contribution >= 4 is 11.6 Å². The van der Waals surface area contributed by atoms with Crippen LogP contribution in [0.25, 0.3) is 0 Å². The van der Waals surface area contributed by atoms with E-state index < -0.39 is 0 Å². The van der Waals surface area contributed by atoms with Crippen LogP contribution in [-0.2, 0) is 11.8 Å². The second kappa shape index (κ2) is 3.73. The minimum absolute atomic E-state index is 0.0362. The minimum Gasteiger partial charge on any atom is -0.392 e. The van der Waals surface area contributed by atoms with Crippen LogP contribution in [0.1, 0.15) is 24.0 Å². The van der Waals surface area contributed by atoms with Crippen LogP contribution in [-0.4, -0.2) is 24.3 Å². The summed E-state index contributed by atoms with van der Waals surface area (Å²) in [4.78, 5) is 0. The zero-order valence-electron chi connectivity index (χ0n) is 9.17. The summed E-state index contributed by atoms with van der Waals surface area (Å²) in [5.74, 6) is 0. The third kappa shape index (κ3) is 1.41. The first-order valence-corrected chi connectivity index (χ1v) is 6.28. The van der Waals surface area contributed by atoms with Crippen molar-refractivity contribution in [3.8, 4) is 0 Å². The molecule has 1 aliphatic carbocycles. The van der Waals surface area contributed by atoms with Crippen molar-refractivity contribution in [3.05, 3.63) is 34.3 Å². The van der Waals surface area contributed by atoms with Gasteiger partial charge in [-0.15, -0.1) is 0 Å². The maximum Gasteiger partial charge on any atom is 0.0678 e. The second-order valence-electron chi connectivity index (χ2n) is 4.93. The van der Waals surface area contributed by atoms with Crippen molar-refractivity contribution in [2.24, 2.45) is 0 Å². The van der Waals surface area contributed by atoms with Crippen molar-refractivity contribution < 1.29 is 5.11 Å². The first kappa shape index (κ1) is 10.6. The van der Waals surface area contributed by atoms with Gasteiger partial charge in [0.1, 0.15) is 0 Å². The SMILES string of the molecule is OC1Cc2ccc(Cl)cc2C12CCNCC2. The Kier molecular flexibility index (Phi) is 2.46. The molecule has 0 radical (unpaired) electrons. The summed E-state index contributed by atoms with van der Waals surface area (Å²) in [7, 11) is 0. The highest BCUT2D eigenvalue weighted by Crippen LogP contribution is 2.45. The molecule has 1 aromatic rings. The molecule has 0 saturated carbocycles. The van der Waals surface area contributed by atoms with E-state index in [1.165, 1.54) is 11.1 Å². The number of aliphatic hydroxyl groups excluding tert-OH is 1. The predicted octanol–water partition coefficient (Wildman–Crippen LogP) is 1.88. The van der Waals surface area contributed by atoms with E-state index in [2.05, 4.69) is 17.4 Å². The number of piperidine rings is 1. The average molecular weight is 238 g/mol. The van der Waals surface area contributed by atoms with Gasteiger partial charge in [-0.3, -0.25) is 0 Å². The molecule has 0 amide bonds. The smallest absolute Gasteiger partial charge is 0.0678 e. The van der Waals surface area contributed by atoms with E-state index in [1.54, 1.807) is 0 Å². The molecule has 1 unspecified atom stereocenters. The molecule has 1 aliphatic heterocycles. The van der Waals surface area contributed by atoms with Gasteiger partial charge in [0.25, 0.3) is 0 Å². The van der Waals surface area contributed by atoms with Gasteiger partial charge in [-0.05, 0) is 55.6 Å². The highest BCUT2D eigenvalue weighted by atomic mass is 35.5. The van der Waals surface area contributed by atoms with E-state index in [-0.39, 0.29) is 11.5 Å². The monoisotopic (exact) mass is 237 g/mol. The lowest BCUT2D eigenvalue weighted by Crippen LogP contribution is -2.45. The van der Waals surface area contributed by atoms with Crippen LogP contribution in [0.2, 0.25) is 5.02 Å². The van der Waals surface area contributed by atoms with Crippen LogP contribution < -0.4 is 5.32 Å². The molecule has 1 saturated heterocycles. The highest BCUT2D eigenvalue weighted by Gasteiger charge is 2.46. The Balaban J connectivity index is 2.09. The van der Waals surface area contributed by atoms with E-state index in [9.17, 15) is 5.11 Å². The number of nitrogens with one attached hydrogen (secondary N) is 1. The topological polar surface area (TPSA) is 32.3 Å². The van der Waals surface area contributed by atoms with Crippen molar-refractivity contribution in [1.29, 1.82) is 0 Å². The number of hydrogen-bond acceptors (Lipinski definition) is 2. The molecule has 1 spiro atoms. The van der Waals surface area contributed by atoms with E-state index in [1.807, 2.05) is 6.07 Å². The quantitative estimate of drug-likeness (QED) is 0.722. The first-order chi connectivity index (χ1) is 7.72. The third-order valence-corrected chi connectivity index (χ3v) is 4.39. The molecule has 2 nitrogen and oxygen atoms in total. The van der Waals surface area contributed by atoms with Gasteiger partial charge in [0.2, 0.25) is 0 Å². The lowest BCUT2D eigenvalue weighted by Gasteiger charge is -2.38. The fraction of sp³-hybridized carbons (Fsp3) is 0.538. The molecular weight excluding hydrogens is 222 g/mol. The summed E-state index contributed by atoms with van der Waals surface area (Å²) >= 11 is 6.08. The van der Waals surface area contributed by atoms with Gasteiger partial charge in [-0.1, -0.05) is 17.7 Å². The normalized spacial score (nSPS) is 27.0. The van der Waals surface area contributed by atoms with Crippen LogP contribution in [0.5, 0.6) is 0 Å². The Bertz CT molecular complexity index is 412. The summed E-state index contributed by atoms with van der Waals surface area (Å²) < 4.78 is 0. The molecule has 2 aliphatic rings. The fourth-order valence-corrected chi connectivity index (χ4v) is 3.42. The van der Waals surface area contributed by atoms with E-state index in [4.69, 9.17) is 11.6 Å². The average Bonchev–Trinajstić information content (AvgIpc) is 2.55. The van der Waals surface area contributed by atoms with Crippen molar-refractivity contribution in [2.45, 2.75) is 30.8 Å². The number of halogens is 1. The molecule has 16 heavy (non-hydrogen) atoms. The van der Waals surface area contributed by atoms with Gasteiger partial charge in [0.05, 0.1) is 6.10 Å². The summed E-state index contributed by atoms with van der Waals surface area (Å²) in [6.07, 6.45) is 2.58. The molecule has 1 atom stereocenters. The molecule has 1 aromatic carbocycles. The largest absolute Gasteiger partial charge is 0.392 e. The third-order valence-electron chi connectivity index (χ3n) is 4.16. The Morgan fingerprint density at radius 2 is 2.06 bits per heavy atom. The number of aliphatic hydroxyl groups is 1. The standard InChI is InChI=1S/C13H16ClNO/c14-10-2-1-9-7-12(16)13(11(9)8-10)3-5-15-6-4-13/h1-2,8,12,15-16H,3-7H2. The predicted molar refractivity (Wildman–Crippen MR) is 64.9 cm³/mol. The molecule has 0 bridgehead atoms. The molecule has 0 aromatic heterocycles. The zero-order valence-corrected chi connectivity index (χ0v) is 9.93. The molecule has 3 rings (SSSR count). The Morgan fingerprint density at radius 1 is 1.31 bits per heavy atom. The van der Waals surface area contributed by atoms with E-state index in [0.717, 1.165) is 37.4 Å². The van der Waals surface area contributed by atoms with Crippen LogP contribution >= 0.6 is 11.6 Å². The van der Waals surface area contributed by atoms with Gasteiger partial charge >= 0.3 is 0 Å². The summed E-state index contributed by atoms with van der Waals surface area (Å²) in [6.45, 7) is 1.98. The second-order valence-corrected chi connectivity index (χ2v) is 5.36. The number of hydrogen-bond donors (Lipinski definition) is 2. The fourth-order valence-electron chi connectivity index (χ4n) is 3.25. The van der Waals surface area contributed by atoms with Gasteiger partial charge in [0.15, 0.2) is 0 Å². The summed E-state index contributed by atoms with van der Waals surface area (Å²) in [5, 5.41) is 14.5.